The van der Waals surface area contributed by atoms with E-state index in [1.807, 2.05) is 62.4 Å². The van der Waals surface area contributed by atoms with Gasteiger partial charge in [-0.1, -0.05) is 30.3 Å². The maximum atomic E-state index is 9.97. The molecule has 2 nitrogen and oxygen atoms in total. The zero-order valence-corrected chi connectivity index (χ0v) is 10.0. The number of benzene rings is 2. The molecule has 0 aliphatic heterocycles. The predicted octanol–water partition coefficient (Wildman–Crippen LogP) is 3.84. The van der Waals surface area contributed by atoms with Gasteiger partial charge in [0.05, 0.1) is 5.69 Å². The van der Waals surface area contributed by atoms with Crippen molar-refractivity contribution >= 4 is 11.4 Å². The van der Waals surface area contributed by atoms with Crippen LogP contribution in [0.3, 0.4) is 0 Å². The van der Waals surface area contributed by atoms with Crippen molar-refractivity contribution in [2.45, 2.75) is 13.8 Å². The van der Waals surface area contributed by atoms with Crippen LogP contribution in [0.15, 0.2) is 53.5 Å². The van der Waals surface area contributed by atoms with Gasteiger partial charge in [0, 0.05) is 11.3 Å². The molecule has 0 saturated carbocycles. The van der Waals surface area contributed by atoms with Crippen LogP contribution >= 0.6 is 0 Å². The second-order valence-corrected chi connectivity index (χ2v) is 4.00. The number of nitrogens with zero attached hydrogens (tertiary/aromatic N) is 1. The summed E-state index contributed by atoms with van der Waals surface area (Å²) in [5, 5.41) is 9.97. The van der Waals surface area contributed by atoms with Crippen LogP contribution in [0.4, 0.5) is 5.69 Å². The van der Waals surface area contributed by atoms with Crippen molar-refractivity contribution in [2.75, 3.05) is 0 Å². The highest BCUT2D eigenvalue weighted by atomic mass is 16.3. The summed E-state index contributed by atoms with van der Waals surface area (Å²) in [5.41, 5.74) is 3.36. The Labute approximate surface area is 101 Å². The van der Waals surface area contributed by atoms with Crippen molar-refractivity contribution in [2.24, 2.45) is 4.99 Å². The summed E-state index contributed by atoms with van der Waals surface area (Å²) in [7, 11) is 0. The molecule has 0 fully saturated rings. The van der Waals surface area contributed by atoms with Crippen LogP contribution in [0.5, 0.6) is 5.75 Å². The maximum Gasteiger partial charge on any atom is 0.127 e. The molecule has 0 heterocycles. The first-order valence-electron chi connectivity index (χ1n) is 5.58. The molecule has 2 rings (SSSR count). The van der Waals surface area contributed by atoms with Gasteiger partial charge in [-0.05, 0) is 37.6 Å². The molecule has 2 aromatic carbocycles. The number of hydrogen-bond acceptors (Lipinski definition) is 2. The normalized spacial score (nSPS) is 11.5. The van der Waals surface area contributed by atoms with E-state index in [1.165, 1.54) is 0 Å². The monoisotopic (exact) mass is 225 g/mol. The summed E-state index contributed by atoms with van der Waals surface area (Å²) in [6.07, 6.45) is 0. The van der Waals surface area contributed by atoms with Gasteiger partial charge in [0.15, 0.2) is 0 Å². The van der Waals surface area contributed by atoms with Crippen LogP contribution in [0, 0.1) is 6.92 Å². The number of rotatable bonds is 2. The molecule has 86 valence electrons. The lowest BCUT2D eigenvalue weighted by Crippen LogP contribution is -1.95. The van der Waals surface area contributed by atoms with Gasteiger partial charge >= 0.3 is 0 Å². The van der Waals surface area contributed by atoms with Gasteiger partial charge in [-0.2, -0.15) is 0 Å². The first-order valence-corrected chi connectivity index (χ1v) is 5.58. The third-order valence-electron chi connectivity index (χ3n) is 2.68. The number of phenolic OH excluding ortho intramolecular Hbond substituents is 1. The van der Waals surface area contributed by atoms with Gasteiger partial charge in [0.2, 0.25) is 0 Å². The van der Waals surface area contributed by atoms with Crippen molar-refractivity contribution in [3.8, 4) is 5.75 Å². The number of para-hydroxylation sites is 2. The van der Waals surface area contributed by atoms with Crippen molar-refractivity contribution in [1.82, 2.24) is 0 Å². The zero-order chi connectivity index (χ0) is 12.3. The van der Waals surface area contributed by atoms with E-state index in [0.29, 0.717) is 5.75 Å². The van der Waals surface area contributed by atoms with Gasteiger partial charge in [-0.25, -0.2) is 0 Å². The predicted molar refractivity (Wildman–Crippen MR) is 71.2 cm³/mol. The van der Waals surface area contributed by atoms with Gasteiger partial charge in [0.25, 0.3) is 0 Å². The molecule has 2 heteroatoms. The van der Waals surface area contributed by atoms with Crippen molar-refractivity contribution < 1.29 is 5.11 Å². The highest BCUT2D eigenvalue weighted by Crippen LogP contribution is 2.23. The van der Waals surface area contributed by atoms with E-state index in [0.717, 1.165) is 22.5 Å². The van der Waals surface area contributed by atoms with E-state index in [-0.39, 0.29) is 0 Å². The fraction of sp³-hybridized carbons (Fsp3) is 0.133. The molecule has 0 radical (unpaired) electrons. The Balaban J connectivity index is 2.41. The standard InChI is InChI=1S/C15H15NO/c1-11-7-6-10-14(15(11)17)12(2)16-13-8-4-3-5-9-13/h3-10,17H,1-2H3. The minimum absolute atomic E-state index is 0.310. The van der Waals surface area contributed by atoms with Crippen LogP contribution in [-0.2, 0) is 0 Å². The zero-order valence-electron chi connectivity index (χ0n) is 10.0. The topological polar surface area (TPSA) is 32.6 Å². The largest absolute Gasteiger partial charge is 0.507 e. The number of aliphatic imine (C=N–C) groups is 1. The Kier molecular flexibility index (Phi) is 3.24. The van der Waals surface area contributed by atoms with E-state index in [2.05, 4.69) is 4.99 Å². The second-order valence-electron chi connectivity index (χ2n) is 4.00. The molecular formula is C15H15NO. The molecule has 0 unspecified atom stereocenters. The van der Waals surface area contributed by atoms with Gasteiger partial charge < -0.3 is 5.11 Å². The third-order valence-corrected chi connectivity index (χ3v) is 2.68. The average molecular weight is 225 g/mol. The summed E-state index contributed by atoms with van der Waals surface area (Å²) in [6.45, 7) is 3.79. The number of aromatic hydroxyl groups is 1. The molecule has 0 atom stereocenters. The molecule has 0 aliphatic carbocycles. The van der Waals surface area contributed by atoms with Gasteiger partial charge in [0.1, 0.15) is 5.75 Å². The molecule has 17 heavy (non-hydrogen) atoms. The van der Waals surface area contributed by atoms with E-state index in [1.54, 1.807) is 0 Å². The van der Waals surface area contributed by atoms with E-state index >= 15 is 0 Å². The van der Waals surface area contributed by atoms with E-state index in [4.69, 9.17) is 0 Å². The quantitative estimate of drug-likeness (QED) is 0.774. The van der Waals surface area contributed by atoms with Crippen LogP contribution in [0.1, 0.15) is 18.1 Å². The number of phenols is 1. The molecule has 1 N–H and O–H groups in total. The summed E-state index contributed by atoms with van der Waals surface area (Å²) < 4.78 is 0. The lowest BCUT2D eigenvalue weighted by Gasteiger charge is -2.06. The molecule has 0 bridgehead atoms. The Morgan fingerprint density at radius 1 is 1.00 bits per heavy atom. The average Bonchev–Trinajstić information content (AvgIpc) is 2.34. The van der Waals surface area contributed by atoms with Crippen LogP contribution in [0.2, 0.25) is 0 Å². The lowest BCUT2D eigenvalue weighted by molar-refractivity contribution is 0.470. The Bertz CT molecular complexity index is 544. The Hall–Kier alpha value is -2.09. The van der Waals surface area contributed by atoms with E-state index in [9.17, 15) is 5.11 Å². The summed E-state index contributed by atoms with van der Waals surface area (Å²) >= 11 is 0. The fourth-order valence-electron chi connectivity index (χ4n) is 1.71. The Morgan fingerprint density at radius 3 is 2.41 bits per heavy atom. The maximum absolute atomic E-state index is 9.97. The second kappa shape index (κ2) is 4.83. The fourth-order valence-corrected chi connectivity index (χ4v) is 1.71. The summed E-state index contributed by atoms with van der Waals surface area (Å²) in [5.74, 6) is 0.310. The van der Waals surface area contributed by atoms with Crippen molar-refractivity contribution in [3.05, 3.63) is 59.7 Å². The minimum Gasteiger partial charge on any atom is -0.507 e. The molecule has 0 aliphatic rings. The summed E-state index contributed by atoms with van der Waals surface area (Å²) in [4.78, 5) is 4.49. The molecule has 0 spiro atoms. The highest BCUT2D eigenvalue weighted by molar-refractivity contribution is 6.02. The molecule has 0 aromatic heterocycles. The van der Waals surface area contributed by atoms with Crippen LogP contribution in [0.25, 0.3) is 0 Å². The van der Waals surface area contributed by atoms with Gasteiger partial charge in [-0.15, -0.1) is 0 Å². The molecular weight excluding hydrogens is 210 g/mol. The highest BCUT2D eigenvalue weighted by Gasteiger charge is 2.06. The van der Waals surface area contributed by atoms with Crippen molar-refractivity contribution in [3.63, 3.8) is 0 Å². The first kappa shape index (κ1) is 11.4. The van der Waals surface area contributed by atoms with Crippen molar-refractivity contribution in [1.29, 1.82) is 0 Å². The third kappa shape index (κ3) is 2.53. The van der Waals surface area contributed by atoms with Crippen LogP contribution < -0.4 is 0 Å². The SMILES string of the molecule is CC(=Nc1ccccc1)c1cccc(C)c1O. The minimum atomic E-state index is 0.310. The smallest absolute Gasteiger partial charge is 0.127 e. The molecule has 0 amide bonds. The van der Waals surface area contributed by atoms with Crippen LogP contribution in [-0.4, -0.2) is 10.8 Å². The number of aryl methyl sites for hydroxylation is 1. The summed E-state index contributed by atoms with van der Waals surface area (Å²) in [6, 6.07) is 15.4. The molecule has 2 aromatic rings. The van der Waals surface area contributed by atoms with E-state index < -0.39 is 0 Å². The lowest BCUT2D eigenvalue weighted by atomic mass is 10.1. The number of hydrogen-bond donors (Lipinski definition) is 1. The Morgan fingerprint density at radius 2 is 1.71 bits per heavy atom. The molecule has 0 saturated heterocycles. The van der Waals surface area contributed by atoms with Gasteiger partial charge in [-0.3, -0.25) is 4.99 Å². The first-order chi connectivity index (χ1) is 8.18.